The van der Waals surface area contributed by atoms with Gasteiger partial charge < -0.3 is 19.9 Å². The van der Waals surface area contributed by atoms with E-state index in [-0.39, 0.29) is 6.04 Å². The van der Waals surface area contributed by atoms with Gasteiger partial charge in [0.25, 0.3) is 0 Å². The molecule has 1 aromatic heterocycles. The normalized spacial score (nSPS) is 25.9. The maximum absolute atomic E-state index is 5.39. The van der Waals surface area contributed by atoms with Crippen LogP contribution in [-0.4, -0.2) is 37.3 Å². The van der Waals surface area contributed by atoms with Gasteiger partial charge in [0.1, 0.15) is 0 Å². The smallest absolute Gasteiger partial charge is 0.0734 e. The van der Waals surface area contributed by atoms with Gasteiger partial charge in [-0.15, -0.1) is 0 Å². The van der Waals surface area contributed by atoms with E-state index in [4.69, 9.17) is 4.74 Å². The van der Waals surface area contributed by atoms with Gasteiger partial charge in [0.05, 0.1) is 24.7 Å². The van der Waals surface area contributed by atoms with Crippen LogP contribution >= 0.6 is 0 Å². The first-order chi connectivity index (χ1) is 13.2. The third kappa shape index (κ3) is 2.36. The van der Waals surface area contributed by atoms with Crippen LogP contribution in [0.25, 0.3) is 10.9 Å². The van der Waals surface area contributed by atoms with Crippen LogP contribution in [0.15, 0.2) is 48.5 Å². The summed E-state index contributed by atoms with van der Waals surface area (Å²) in [6.07, 6.45) is 1.08. The Morgan fingerprint density at radius 3 is 2.56 bits per heavy atom. The molecule has 2 atom stereocenters. The molecule has 2 N–H and O–H groups in total. The molecule has 1 spiro atoms. The summed E-state index contributed by atoms with van der Waals surface area (Å²) in [5.41, 5.74) is 7.17. The van der Waals surface area contributed by atoms with Crippen molar-refractivity contribution >= 4 is 16.6 Å². The summed E-state index contributed by atoms with van der Waals surface area (Å²) < 4.78 is 5.39. The van der Waals surface area contributed by atoms with Crippen molar-refractivity contribution < 1.29 is 4.74 Å². The van der Waals surface area contributed by atoms with Crippen molar-refractivity contribution in [2.45, 2.75) is 25.4 Å². The number of nitrogens with one attached hydrogen (secondary N) is 2. The zero-order chi connectivity index (χ0) is 18.0. The molecule has 3 aromatic rings. The highest BCUT2D eigenvalue weighted by atomic mass is 16.5. The maximum atomic E-state index is 5.39. The minimum Gasteiger partial charge on any atom is -0.380 e. The first-order valence-electron chi connectivity index (χ1n) is 9.99. The first-order valence-corrected chi connectivity index (χ1v) is 9.99. The summed E-state index contributed by atoms with van der Waals surface area (Å²) in [5, 5.41) is 5.17. The summed E-state index contributed by atoms with van der Waals surface area (Å²) in [6.45, 7) is 6.43. The van der Waals surface area contributed by atoms with Crippen LogP contribution in [0, 0.1) is 5.41 Å². The lowest BCUT2D eigenvalue weighted by Gasteiger charge is -2.56. The van der Waals surface area contributed by atoms with E-state index in [9.17, 15) is 0 Å². The highest BCUT2D eigenvalue weighted by molar-refractivity contribution is 5.85. The molecule has 3 aliphatic rings. The fourth-order valence-electron chi connectivity index (χ4n) is 5.08. The highest BCUT2D eigenvalue weighted by Crippen LogP contribution is 2.41. The maximum Gasteiger partial charge on any atom is 0.0734 e. The number of hydrogen-bond acceptors (Lipinski definition) is 3. The molecular weight excluding hydrogens is 334 g/mol. The molecule has 4 heteroatoms. The van der Waals surface area contributed by atoms with E-state index in [1.54, 1.807) is 0 Å². The summed E-state index contributed by atoms with van der Waals surface area (Å²) in [6, 6.07) is 18.5. The largest absolute Gasteiger partial charge is 0.380 e. The molecule has 0 aliphatic carbocycles. The Bertz CT molecular complexity index is 994. The Kier molecular flexibility index (Phi) is 3.26. The highest BCUT2D eigenvalue weighted by Gasteiger charge is 2.49. The minimum absolute atomic E-state index is 0.230. The van der Waals surface area contributed by atoms with Crippen molar-refractivity contribution in [3.8, 4) is 0 Å². The molecule has 2 aromatic carbocycles. The lowest BCUT2D eigenvalue weighted by Crippen LogP contribution is -2.66. The number of fused-ring (bicyclic) bond motifs is 3. The van der Waals surface area contributed by atoms with Gasteiger partial charge in [-0.3, -0.25) is 0 Å². The van der Waals surface area contributed by atoms with Gasteiger partial charge in [0.2, 0.25) is 0 Å². The third-order valence-electron chi connectivity index (χ3n) is 6.56. The van der Waals surface area contributed by atoms with Crippen LogP contribution in [0.1, 0.15) is 29.8 Å². The van der Waals surface area contributed by atoms with E-state index in [1.165, 1.54) is 33.4 Å². The van der Waals surface area contributed by atoms with E-state index >= 15 is 0 Å². The van der Waals surface area contributed by atoms with Crippen molar-refractivity contribution in [2.75, 3.05) is 31.2 Å². The molecule has 138 valence electrons. The molecule has 0 amide bonds. The van der Waals surface area contributed by atoms with Crippen LogP contribution in [0.4, 0.5) is 5.69 Å². The number of anilines is 1. The summed E-state index contributed by atoms with van der Waals surface area (Å²) in [4.78, 5) is 6.15. The van der Waals surface area contributed by atoms with Crippen molar-refractivity contribution in [1.29, 1.82) is 0 Å². The van der Waals surface area contributed by atoms with E-state index in [2.05, 4.69) is 70.7 Å². The molecule has 4 nitrogen and oxygen atoms in total. The molecule has 6 rings (SSSR count). The van der Waals surface area contributed by atoms with Crippen LogP contribution in [-0.2, 0) is 11.2 Å². The first kappa shape index (κ1) is 15.7. The van der Waals surface area contributed by atoms with Crippen LogP contribution in [0.5, 0.6) is 0 Å². The number of para-hydroxylation sites is 1. The summed E-state index contributed by atoms with van der Waals surface area (Å²) >= 11 is 0. The van der Waals surface area contributed by atoms with Gasteiger partial charge >= 0.3 is 0 Å². The number of ether oxygens (including phenoxy) is 1. The second-order valence-corrected chi connectivity index (χ2v) is 8.71. The standard InChI is InChI=1S/C23H25N3O/c1-15-10-19-18-4-2-3-5-20(18)25-22(19)21(24-15)16-6-8-17(9-7-16)26-11-23(12-26)13-27-14-23/h2-9,15,21,24-25H,10-14H2,1H3/t15-,21?/m0/s1. The number of rotatable bonds is 2. The van der Waals surface area contributed by atoms with Crippen molar-refractivity contribution in [2.24, 2.45) is 5.41 Å². The topological polar surface area (TPSA) is 40.3 Å². The molecule has 2 fully saturated rings. The average Bonchev–Trinajstić information content (AvgIpc) is 2.98. The van der Waals surface area contributed by atoms with E-state index in [1.807, 2.05) is 0 Å². The predicted octanol–water partition coefficient (Wildman–Crippen LogP) is 3.63. The molecule has 27 heavy (non-hydrogen) atoms. The Morgan fingerprint density at radius 1 is 1.04 bits per heavy atom. The number of nitrogens with zero attached hydrogens (tertiary/aromatic N) is 1. The van der Waals surface area contributed by atoms with Crippen molar-refractivity contribution in [3.63, 3.8) is 0 Å². The molecule has 0 radical (unpaired) electrons. The SMILES string of the molecule is C[C@H]1Cc2c([nH]c3ccccc23)C(c2ccc(N3CC4(COC4)C3)cc2)N1. The van der Waals surface area contributed by atoms with E-state index in [0.717, 1.165) is 32.7 Å². The van der Waals surface area contributed by atoms with Crippen molar-refractivity contribution in [1.82, 2.24) is 10.3 Å². The van der Waals surface area contributed by atoms with E-state index < -0.39 is 0 Å². The third-order valence-corrected chi connectivity index (χ3v) is 6.56. The Balaban J connectivity index is 1.31. The quantitative estimate of drug-likeness (QED) is 0.734. The predicted molar refractivity (Wildman–Crippen MR) is 108 cm³/mol. The second kappa shape index (κ2) is 5.60. The minimum atomic E-state index is 0.230. The fraction of sp³-hybridized carbons (Fsp3) is 0.391. The molecular formula is C23H25N3O. The zero-order valence-corrected chi connectivity index (χ0v) is 15.7. The lowest BCUT2D eigenvalue weighted by molar-refractivity contribution is -0.127. The molecule has 3 aliphatic heterocycles. The number of benzene rings is 2. The Labute approximate surface area is 159 Å². The van der Waals surface area contributed by atoms with Gasteiger partial charge in [-0.1, -0.05) is 30.3 Å². The van der Waals surface area contributed by atoms with Crippen LogP contribution in [0.3, 0.4) is 0 Å². The van der Waals surface area contributed by atoms with Crippen LogP contribution < -0.4 is 10.2 Å². The molecule has 0 bridgehead atoms. The number of aromatic nitrogens is 1. The Morgan fingerprint density at radius 2 is 1.81 bits per heavy atom. The monoisotopic (exact) mass is 359 g/mol. The lowest BCUT2D eigenvalue weighted by atomic mass is 9.77. The van der Waals surface area contributed by atoms with Gasteiger partial charge in [0.15, 0.2) is 0 Å². The summed E-state index contributed by atoms with van der Waals surface area (Å²) in [7, 11) is 0. The zero-order valence-electron chi connectivity index (χ0n) is 15.7. The summed E-state index contributed by atoms with van der Waals surface area (Å²) in [5.74, 6) is 0. The van der Waals surface area contributed by atoms with Gasteiger partial charge in [-0.2, -0.15) is 0 Å². The average molecular weight is 359 g/mol. The molecule has 0 saturated carbocycles. The Hall–Kier alpha value is -2.30. The second-order valence-electron chi connectivity index (χ2n) is 8.71. The number of aromatic amines is 1. The van der Waals surface area contributed by atoms with E-state index in [0.29, 0.717) is 11.5 Å². The van der Waals surface area contributed by atoms with Crippen molar-refractivity contribution in [3.05, 3.63) is 65.4 Å². The van der Waals surface area contributed by atoms with Crippen LogP contribution in [0.2, 0.25) is 0 Å². The van der Waals surface area contributed by atoms with Gasteiger partial charge in [0, 0.05) is 41.4 Å². The molecule has 4 heterocycles. The van der Waals surface area contributed by atoms with Gasteiger partial charge in [-0.05, 0) is 42.7 Å². The molecule has 1 unspecified atom stereocenters. The molecule has 2 saturated heterocycles. The number of hydrogen-bond donors (Lipinski definition) is 2. The number of H-pyrrole nitrogens is 1. The fourth-order valence-corrected chi connectivity index (χ4v) is 5.08. The van der Waals surface area contributed by atoms with Gasteiger partial charge in [-0.25, -0.2) is 0 Å².